The van der Waals surface area contributed by atoms with Crippen LogP contribution in [0.1, 0.15) is 5.56 Å². The first-order valence-corrected chi connectivity index (χ1v) is 7.28. The van der Waals surface area contributed by atoms with E-state index in [1.54, 1.807) is 0 Å². The molecule has 0 bridgehead atoms. The number of halogens is 1. The summed E-state index contributed by atoms with van der Waals surface area (Å²) in [4.78, 5) is 6.72. The summed E-state index contributed by atoms with van der Waals surface area (Å²) in [6.45, 7) is 3.02. The molecule has 1 aliphatic rings. The Hall–Kier alpha value is -0.480. The third kappa shape index (κ3) is 2.61. The maximum atomic E-state index is 4.56. The second kappa shape index (κ2) is 5.23. The molecule has 4 heteroatoms. The minimum atomic E-state index is 0.586. The Kier molecular flexibility index (Phi) is 3.92. The van der Waals surface area contributed by atoms with Gasteiger partial charge in [-0.05, 0) is 19.1 Å². The summed E-state index contributed by atoms with van der Waals surface area (Å²) in [5.74, 6) is 0. The predicted molar refractivity (Wildman–Crippen MR) is 77.1 cm³/mol. The van der Waals surface area contributed by atoms with Gasteiger partial charge in [0.15, 0.2) is 5.17 Å². The molecule has 2 rings (SSSR count). The lowest BCUT2D eigenvalue weighted by Gasteiger charge is -2.19. The van der Waals surface area contributed by atoms with Crippen LogP contribution in [0, 0.1) is 6.92 Å². The van der Waals surface area contributed by atoms with Crippen molar-refractivity contribution in [2.24, 2.45) is 4.99 Å². The van der Waals surface area contributed by atoms with Gasteiger partial charge in [-0.15, -0.1) is 0 Å². The van der Waals surface area contributed by atoms with Gasteiger partial charge < -0.3 is 4.90 Å². The van der Waals surface area contributed by atoms with Gasteiger partial charge in [-0.1, -0.05) is 45.4 Å². The lowest BCUT2D eigenvalue weighted by Crippen LogP contribution is -2.22. The molecule has 1 aromatic carbocycles. The van der Waals surface area contributed by atoms with Crippen molar-refractivity contribution in [3.63, 3.8) is 0 Å². The highest BCUT2D eigenvalue weighted by Crippen LogP contribution is 2.27. The summed E-state index contributed by atoms with van der Waals surface area (Å²) in [6.07, 6.45) is 0. The molecule has 1 heterocycles. The molecule has 1 aromatic rings. The van der Waals surface area contributed by atoms with Crippen molar-refractivity contribution in [2.45, 2.75) is 12.2 Å². The van der Waals surface area contributed by atoms with E-state index in [2.05, 4.69) is 64.1 Å². The Labute approximate surface area is 109 Å². The molecule has 1 atom stereocenters. The Balaban J connectivity index is 2.08. The van der Waals surface area contributed by atoms with Gasteiger partial charge in [0, 0.05) is 23.3 Å². The zero-order valence-corrected chi connectivity index (χ0v) is 11.9. The van der Waals surface area contributed by atoms with Crippen molar-refractivity contribution in [2.75, 3.05) is 23.8 Å². The van der Waals surface area contributed by atoms with Crippen LogP contribution in [0.15, 0.2) is 29.3 Å². The summed E-state index contributed by atoms with van der Waals surface area (Å²) >= 11 is 5.35. The molecule has 0 saturated heterocycles. The van der Waals surface area contributed by atoms with Gasteiger partial charge in [0.1, 0.15) is 0 Å². The van der Waals surface area contributed by atoms with Gasteiger partial charge in [-0.3, -0.25) is 4.99 Å². The van der Waals surface area contributed by atoms with Crippen LogP contribution in [0.2, 0.25) is 0 Å². The van der Waals surface area contributed by atoms with Crippen LogP contribution >= 0.6 is 27.7 Å². The van der Waals surface area contributed by atoms with E-state index < -0.39 is 0 Å². The molecule has 0 fully saturated rings. The molecule has 16 heavy (non-hydrogen) atoms. The second-order valence-corrected chi connectivity index (χ2v) is 5.83. The number of aryl methyl sites for hydroxylation is 1. The number of hydrogen-bond acceptors (Lipinski definition) is 3. The van der Waals surface area contributed by atoms with Crippen molar-refractivity contribution < 1.29 is 0 Å². The number of anilines is 1. The predicted octanol–water partition coefficient (Wildman–Crippen LogP) is 3.30. The highest BCUT2D eigenvalue weighted by Gasteiger charge is 2.21. The van der Waals surface area contributed by atoms with Gasteiger partial charge >= 0.3 is 0 Å². The van der Waals surface area contributed by atoms with Gasteiger partial charge in [0.2, 0.25) is 0 Å². The van der Waals surface area contributed by atoms with Crippen LogP contribution in [0.5, 0.6) is 0 Å². The molecule has 1 unspecified atom stereocenters. The molecule has 86 valence electrons. The first kappa shape index (κ1) is 12.0. The normalized spacial score (nSPS) is 19.7. The average Bonchev–Trinajstić information content (AvgIpc) is 2.77. The fraction of sp³-hybridized carbons (Fsp3) is 0.417. The molecular formula is C12H15BrN2S. The first-order chi connectivity index (χ1) is 7.70. The van der Waals surface area contributed by atoms with Crippen LogP contribution in [0.4, 0.5) is 5.69 Å². The lowest BCUT2D eigenvalue weighted by molar-refractivity contribution is 0.990. The zero-order chi connectivity index (χ0) is 11.5. The smallest absolute Gasteiger partial charge is 0.163 e. The lowest BCUT2D eigenvalue weighted by atomic mass is 10.2. The number of alkyl halides is 1. The quantitative estimate of drug-likeness (QED) is 0.779. The number of aliphatic imine (C=N–C) groups is 1. The Morgan fingerprint density at radius 2 is 2.12 bits per heavy atom. The summed E-state index contributed by atoms with van der Waals surface area (Å²) in [6, 6.07) is 8.54. The fourth-order valence-corrected chi connectivity index (χ4v) is 3.07. The second-order valence-electron chi connectivity index (χ2n) is 3.91. The van der Waals surface area contributed by atoms with Gasteiger partial charge in [0.05, 0.1) is 6.54 Å². The van der Waals surface area contributed by atoms with E-state index in [0.717, 1.165) is 17.0 Å². The summed E-state index contributed by atoms with van der Waals surface area (Å²) in [5.41, 5.74) is 2.49. The number of benzene rings is 1. The van der Waals surface area contributed by atoms with Gasteiger partial charge in [0.25, 0.3) is 0 Å². The van der Waals surface area contributed by atoms with Crippen LogP contribution in [0.3, 0.4) is 0 Å². The molecule has 1 aliphatic heterocycles. The number of amidine groups is 1. The Morgan fingerprint density at radius 3 is 2.69 bits per heavy atom. The van der Waals surface area contributed by atoms with Crippen molar-refractivity contribution in [3.8, 4) is 0 Å². The van der Waals surface area contributed by atoms with Gasteiger partial charge in [-0.25, -0.2) is 0 Å². The van der Waals surface area contributed by atoms with Crippen molar-refractivity contribution in [3.05, 3.63) is 29.8 Å². The zero-order valence-electron chi connectivity index (χ0n) is 9.48. The van der Waals surface area contributed by atoms with Crippen molar-refractivity contribution in [1.29, 1.82) is 0 Å². The van der Waals surface area contributed by atoms with Crippen molar-refractivity contribution in [1.82, 2.24) is 0 Å². The van der Waals surface area contributed by atoms with E-state index in [-0.39, 0.29) is 0 Å². The number of thioether (sulfide) groups is 1. The highest BCUT2D eigenvalue weighted by molar-refractivity contribution is 9.09. The van der Waals surface area contributed by atoms with Crippen LogP contribution in [-0.4, -0.2) is 29.3 Å². The summed E-state index contributed by atoms with van der Waals surface area (Å²) < 4.78 is 0. The number of nitrogens with zero attached hydrogens (tertiary/aromatic N) is 2. The van der Waals surface area contributed by atoms with Crippen LogP contribution in [-0.2, 0) is 0 Å². The molecule has 0 amide bonds. The number of hydrogen-bond donors (Lipinski definition) is 0. The monoisotopic (exact) mass is 298 g/mol. The van der Waals surface area contributed by atoms with E-state index in [4.69, 9.17) is 0 Å². The molecular weight excluding hydrogens is 284 g/mol. The topological polar surface area (TPSA) is 15.6 Å². The fourth-order valence-electron chi connectivity index (χ4n) is 1.55. The Bertz CT molecular complexity index is 389. The third-order valence-electron chi connectivity index (χ3n) is 2.58. The molecule has 2 nitrogen and oxygen atoms in total. The van der Waals surface area contributed by atoms with E-state index in [1.165, 1.54) is 11.3 Å². The average molecular weight is 299 g/mol. The minimum Gasteiger partial charge on any atom is -0.324 e. The maximum Gasteiger partial charge on any atom is 0.163 e. The molecule has 0 spiro atoms. The van der Waals surface area contributed by atoms with E-state index in [1.807, 2.05) is 11.8 Å². The van der Waals surface area contributed by atoms with E-state index in [0.29, 0.717) is 5.25 Å². The highest BCUT2D eigenvalue weighted by atomic mass is 79.9. The summed E-state index contributed by atoms with van der Waals surface area (Å²) in [5, 5.41) is 2.71. The molecule has 0 saturated carbocycles. The number of rotatable bonds is 2. The minimum absolute atomic E-state index is 0.586. The maximum absolute atomic E-state index is 4.56. The van der Waals surface area contributed by atoms with E-state index >= 15 is 0 Å². The van der Waals surface area contributed by atoms with Crippen LogP contribution in [0.25, 0.3) is 0 Å². The van der Waals surface area contributed by atoms with Gasteiger partial charge in [-0.2, -0.15) is 0 Å². The first-order valence-electron chi connectivity index (χ1n) is 5.28. The largest absolute Gasteiger partial charge is 0.324 e. The molecule has 0 aliphatic carbocycles. The molecule has 0 radical (unpaired) electrons. The summed E-state index contributed by atoms with van der Waals surface area (Å²) in [7, 11) is 2.08. The Morgan fingerprint density at radius 1 is 1.44 bits per heavy atom. The van der Waals surface area contributed by atoms with E-state index in [9.17, 15) is 0 Å². The molecule has 0 aromatic heterocycles. The van der Waals surface area contributed by atoms with Crippen LogP contribution < -0.4 is 4.90 Å². The SMILES string of the molecule is Cc1ccc(N(C)C2=NCC(CBr)S2)cc1. The third-order valence-corrected chi connectivity index (χ3v) is 5.06. The van der Waals surface area contributed by atoms with Crippen molar-refractivity contribution >= 4 is 38.5 Å². The standard InChI is InChI=1S/C12H15BrN2S/c1-9-3-5-10(6-4-9)15(2)12-14-8-11(7-13)16-12/h3-6,11H,7-8H2,1-2H3. The molecule has 0 N–H and O–H groups in total.